The summed E-state index contributed by atoms with van der Waals surface area (Å²) < 4.78 is 30.1. The fraction of sp³-hybridized carbons (Fsp3) is 0.706. The number of nitrogens with zero attached hydrogens (tertiary/aromatic N) is 1. The highest BCUT2D eigenvalue weighted by Crippen LogP contribution is 2.18. The second-order valence-corrected chi connectivity index (χ2v) is 6.40. The normalized spacial score (nSPS) is 15.1. The van der Waals surface area contributed by atoms with Gasteiger partial charge >= 0.3 is 11.4 Å². The maximum absolute atomic E-state index is 10.9. The molecule has 7 heteroatoms. The van der Waals surface area contributed by atoms with Crippen LogP contribution in [0.25, 0.3) is 0 Å². The Labute approximate surface area is 147 Å². The molecule has 0 radical (unpaired) electrons. The molecule has 0 aromatic carbocycles. The van der Waals surface area contributed by atoms with Crippen molar-refractivity contribution in [3.05, 3.63) is 30.1 Å². The Hall–Kier alpha value is -0.860. The molecule has 1 rings (SSSR count). The molecule has 0 fully saturated rings. The second kappa shape index (κ2) is 13.4. The van der Waals surface area contributed by atoms with Crippen LogP contribution in [0.2, 0.25) is 0 Å². The third-order valence-corrected chi connectivity index (χ3v) is 4.03. The third kappa shape index (κ3) is 10.1. The zero-order chi connectivity index (χ0) is 17.6. The summed E-state index contributed by atoms with van der Waals surface area (Å²) in [7, 11) is 0. The van der Waals surface area contributed by atoms with Gasteiger partial charge in [-0.1, -0.05) is 45.1 Å². The van der Waals surface area contributed by atoms with E-state index in [0.717, 1.165) is 12.8 Å². The predicted molar refractivity (Wildman–Crippen MR) is 93.4 cm³/mol. The highest BCUT2D eigenvalue weighted by molar-refractivity contribution is 7.74. The maximum atomic E-state index is 10.9. The van der Waals surface area contributed by atoms with E-state index in [4.69, 9.17) is 13.5 Å². The van der Waals surface area contributed by atoms with Crippen molar-refractivity contribution in [1.29, 1.82) is 0 Å². The molecule has 0 aliphatic carbocycles. The number of hydrogen-bond acceptors (Lipinski definition) is 5. The number of rotatable bonds is 14. The number of aliphatic hydroxyl groups excluding tert-OH is 1. The van der Waals surface area contributed by atoms with Crippen molar-refractivity contribution < 1.29 is 22.8 Å². The van der Waals surface area contributed by atoms with Crippen LogP contribution in [-0.4, -0.2) is 31.6 Å². The van der Waals surface area contributed by atoms with Crippen molar-refractivity contribution in [1.82, 2.24) is 4.98 Å². The van der Waals surface area contributed by atoms with Gasteiger partial charge in [-0.05, 0) is 31.4 Å². The SMILES string of the molecule is CCCCCCCC(O)CCCOC(OS(=O)O)c1ccccn1. The standard InChI is InChI=1S/C17H29NO5S/c1-2-3-4-5-6-10-15(19)11-9-14-22-17(23-24(20)21)16-12-7-8-13-18-16/h7-8,12-13,15,17,19H,2-6,9-11,14H2,1H3,(H,20,21). The fourth-order valence-corrected chi connectivity index (χ4v) is 2.69. The quantitative estimate of drug-likeness (QED) is 0.299. The van der Waals surface area contributed by atoms with Gasteiger partial charge in [-0.15, -0.1) is 0 Å². The topological polar surface area (TPSA) is 88.9 Å². The first-order valence-electron chi connectivity index (χ1n) is 8.62. The number of aliphatic hydroxyl groups is 1. The van der Waals surface area contributed by atoms with E-state index >= 15 is 0 Å². The summed E-state index contributed by atoms with van der Waals surface area (Å²) in [5, 5.41) is 9.95. The molecule has 0 aliphatic heterocycles. The lowest BCUT2D eigenvalue weighted by molar-refractivity contribution is -0.0856. The molecule has 0 spiro atoms. The lowest BCUT2D eigenvalue weighted by Gasteiger charge is -2.16. The van der Waals surface area contributed by atoms with E-state index < -0.39 is 17.7 Å². The summed E-state index contributed by atoms with van der Waals surface area (Å²) in [6.45, 7) is 2.51. The predicted octanol–water partition coefficient (Wildman–Crippen LogP) is 3.75. The highest BCUT2D eigenvalue weighted by atomic mass is 32.2. The Morgan fingerprint density at radius 2 is 1.92 bits per heavy atom. The monoisotopic (exact) mass is 359 g/mol. The van der Waals surface area contributed by atoms with Gasteiger partial charge in [-0.2, -0.15) is 4.21 Å². The van der Waals surface area contributed by atoms with Crippen molar-refractivity contribution in [2.45, 2.75) is 70.7 Å². The first kappa shape index (κ1) is 21.2. The highest BCUT2D eigenvalue weighted by Gasteiger charge is 2.17. The lowest BCUT2D eigenvalue weighted by atomic mass is 10.1. The summed E-state index contributed by atoms with van der Waals surface area (Å²) >= 11 is -2.43. The van der Waals surface area contributed by atoms with E-state index in [0.29, 0.717) is 25.1 Å². The van der Waals surface area contributed by atoms with Gasteiger partial charge < -0.3 is 9.84 Å². The van der Waals surface area contributed by atoms with E-state index in [1.165, 1.54) is 25.7 Å². The van der Waals surface area contributed by atoms with Crippen LogP contribution >= 0.6 is 0 Å². The Morgan fingerprint density at radius 1 is 1.17 bits per heavy atom. The molecular weight excluding hydrogens is 330 g/mol. The minimum Gasteiger partial charge on any atom is -0.393 e. The zero-order valence-corrected chi connectivity index (χ0v) is 15.1. The molecule has 1 heterocycles. The van der Waals surface area contributed by atoms with Crippen LogP contribution in [0.15, 0.2) is 24.4 Å². The van der Waals surface area contributed by atoms with Crippen LogP contribution in [0, 0.1) is 0 Å². The minimum absolute atomic E-state index is 0.323. The van der Waals surface area contributed by atoms with E-state index in [9.17, 15) is 9.32 Å². The number of pyridine rings is 1. The maximum Gasteiger partial charge on any atom is 0.304 e. The Bertz CT molecular complexity index is 446. The van der Waals surface area contributed by atoms with Crippen LogP contribution in [0.1, 0.15) is 70.3 Å². The molecule has 0 saturated carbocycles. The molecule has 0 bridgehead atoms. The average Bonchev–Trinajstić information content (AvgIpc) is 2.58. The smallest absolute Gasteiger partial charge is 0.304 e. The van der Waals surface area contributed by atoms with Crippen LogP contribution in [0.3, 0.4) is 0 Å². The van der Waals surface area contributed by atoms with Gasteiger partial charge in [0.25, 0.3) is 0 Å². The third-order valence-electron chi connectivity index (χ3n) is 3.69. The van der Waals surface area contributed by atoms with E-state index in [1.54, 1.807) is 24.4 Å². The van der Waals surface area contributed by atoms with Crippen molar-refractivity contribution >= 4 is 11.4 Å². The van der Waals surface area contributed by atoms with Gasteiger partial charge in [0, 0.05) is 6.20 Å². The van der Waals surface area contributed by atoms with Gasteiger partial charge in [-0.25, -0.2) is 4.18 Å². The van der Waals surface area contributed by atoms with Crippen molar-refractivity contribution in [3.8, 4) is 0 Å². The molecule has 3 unspecified atom stereocenters. The van der Waals surface area contributed by atoms with Crippen LogP contribution < -0.4 is 0 Å². The average molecular weight is 359 g/mol. The summed E-state index contributed by atoms with van der Waals surface area (Å²) in [5.74, 6) is 0. The summed E-state index contributed by atoms with van der Waals surface area (Å²) in [5.41, 5.74) is 0.441. The second-order valence-electron chi connectivity index (χ2n) is 5.77. The molecule has 2 N–H and O–H groups in total. The molecule has 0 amide bonds. The summed E-state index contributed by atoms with van der Waals surface area (Å²) in [6.07, 6.45) is 8.29. The Kier molecular flexibility index (Phi) is 11.9. The molecule has 6 nitrogen and oxygen atoms in total. The summed E-state index contributed by atoms with van der Waals surface area (Å²) in [4.78, 5) is 4.07. The lowest BCUT2D eigenvalue weighted by Crippen LogP contribution is -2.14. The Morgan fingerprint density at radius 3 is 2.58 bits per heavy atom. The van der Waals surface area contributed by atoms with Crippen LogP contribution in [0.4, 0.5) is 0 Å². The van der Waals surface area contributed by atoms with E-state index in [-0.39, 0.29) is 6.10 Å². The molecule has 1 aromatic rings. The number of aromatic nitrogens is 1. The molecule has 0 saturated heterocycles. The van der Waals surface area contributed by atoms with Gasteiger partial charge in [0.2, 0.25) is 6.29 Å². The van der Waals surface area contributed by atoms with Crippen LogP contribution in [-0.2, 0) is 20.3 Å². The van der Waals surface area contributed by atoms with E-state index in [2.05, 4.69) is 11.9 Å². The van der Waals surface area contributed by atoms with Crippen molar-refractivity contribution in [2.75, 3.05) is 6.61 Å². The van der Waals surface area contributed by atoms with Crippen LogP contribution in [0.5, 0.6) is 0 Å². The molecule has 0 aliphatic rings. The molecule has 138 valence electrons. The van der Waals surface area contributed by atoms with Gasteiger partial charge in [-0.3, -0.25) is 9.54 Å². The number of unbranched alkanes of at least 4 members (excludes halogenated alkanes) is 4. The van der Waals surface area contributed by atoms with Gasteiger partial charge in [0.15, 0.2) is 0 Å². The largest absolute Gasteiger partial charge is 0.393 e. The van der Waals surface area contributed by atoms with Gasteiger partial charge in [0.05, 0.1) is 18.4 Å². The first-order chi connectivity index (χ1) is 11.6. The van der Waals surface area contributed by atoms with Crippen molar-refractivity contribution in [3.63, 3.8) is 0 Å². The molecule has 24 heavy (non-hydrogen) atoms. The number of ether oxygens (including phenoxy) is 1. The van der Waals surface area contributed by atoms with E-state index in [1.807, 2.05) is 0 Å². The Balaban J connectivity index is 2.21. The van der Waals surface area contributed by atoms with Gasteiger partial charge in [0.1, 0.15) is 0 Å². The molecule has 3 atom stereocenters. The fourth-order valence-electron chi connectivity index (χ4n) is 2.39. The zero-order valence-electron chi connectivity index (χ0n) is 14.3. The minimum atomic E-state index is -2.43. The van der Waals surface area contributed by atoms with Crippen molar-refractivity contribution in [2.24, 2.45) is 0 Å². The number of hydrogen-bond donors (Lipinski definition) is 2. The molecule has 1 aromatic heterocycles. The molecular formula is C17H29NO5S. The summed E-state index contributed by atoms with van der Waals surface area (Å²) in [6, 6.07) is 5.17. The first-order valence-corrected chi connectivity index (χ1v) is 9.65.